The average molecular weight is 522 g/mol. The van der Waals surface area contributed by atoms with E-state index in [1.165, 1.54) is 18.3 Å². The molecule has 13 heteroatoms. The van der Waals surface area contributed by atoms with Gasteiger partial charge in [0.05, 0.1) is 23.6 Å². The molecular weight excluding hydrogens is 501 g/mol. The van der Waals surface area contributed by atoms with Gasteiger partial charge in [0.1, 0.15) is 17.5 Å². The molecule has 1 aliphatic rings. The Balaban J connectivity index is 1.91. The van der Waals surface area contributed by atoms with Crippen LogP contribution in [0.4, 0.5) is 27.6 Å². The topological polar surface area (TPSA) is 91.8 Å². The number of halogens is 6. The summed E-state index contributed by atoms with van der Waals surface area (Å²) in [5.41, 5.74) is -1.64. The van der Waals surface area contributed by atoms with Gasteiger partial charge in [-0.25, -0.2) is 4.98 Å². The zero-order valence-electron chi connectivity index (χ0n) is 18.1. The number of carbonyl (C=O) groups excluding carboxylic acids is 1. The van der Waals surface area contributed by atoms with E-state index in [0.717, 1.165) is 25.0 Å². The Kier molecular flexibility index (Phi) is 8.16. The zero-order valence-corrected chi connectivity index (χ0v) is 18.9. The number of rotatable bonds is 9. The predicted octanol–water partition coefficient (Wildman–Crippen LogP) is 4.96. The monoisotopic (exact) mass is 521 g/mol. The summed E-state index contributed by atoms with van der Waals surface area (Å²) in [6.07, 6.45) is -3.36. The molecule has 1 aromatic heterocycles. The number of hydrogen-bond acceptors (Lipinski definition) is 5. The van der Waals surface area contributed by atoms with Crippen LogP contribution in [0.2, 0.25) is 5.15 Å². The van der Waals surface area contributed by atoms with Crippen molar-refractivity contribution in [1.29, 1.82) is 0 Å². The lowest BCUT2D eigenvalue weighted by atomic mass is 10.1. The number of alkyl halides is 5. The molecular formula is C22H21ClF5N3O4. The highest BCUT2D eigenvalue weighted by atomic mass is 35.5. The molecule has 35 heavy (non-hydrogen) atoms. The van der Waals surface area contributed by atoms with Gasteiger partial charge < -0.3 is 15.2 Å². The molecule has 1 atom stereocenters. The van der Waals surface area contributed by atoms with Gasteiger partial charge in [-0.15, -0.1) is 0 Å². The summed E-state index contributed by atoms with van der Waals surface area (Å²) in [5, 5.41) is 11.4. The Bertz CT molecular complexity index is 1080. The molecule has 0 unspecified atom stereocenters. The number of carboxylic acids is 1. The third-order valence-electron chi connectivity index (χ3n) is 5.44. The van der Waals surface area contributed by atoms with Crippen molar-refractivity contribution in [2.45, 2.75) is 37.4 Å². The van der Waals surface area contributed by atoms with E-state index in [4.69, 9.17) is 16.3 Å². The largest absolute Gasteiger partial charge is 0.491 e. The minimum atomic E-state index is -5.91. The number of aromatic nitrogens is 1. The number of anilines is 1. The average Bonchev–Trinajstić information content (AvgIpc) is 3.30. The van der Waals surface area contributed by atoms with Gasteiger partial charge in [0.2, 0.25) is 0 Å². The molecule has 2 heterocycles. The van der Waals surface area contributed by atoms with E-state index >= 15 is 0 Å². The highest BCUT2D eigenvalue weighted by Crippen LogP contribution is 2.47. The summed E-state index contributed by atoms with van der Waals surface area (Å²) < 4.78 is 73.2. The Morgan fingerprint density at radius 3 is 2.46 bits per heavy atom. The normalized spacial score (nSPS) is 15.6. The molecule has 2 N–H and O–H groups in total. The molecule has 0 radical (unpaired) electrons. The first-order chi connectivity index (χ1) is 16.4. The van der Waals surface area contributed by atoms with Gasteiger partial charge in [-0.2, -0.15) is 22.0 Å². The van der Waals surface area contributed by atoms with Crippen molar-refractivity contribution in [3.05, 3.63) is 52.8 Å². The van der Waals surface area contributed by atoms with Crippen LogP contribution in [0.1, 0.15) is 35.2 Å². The maximum atomic E-state index is 14.2. The fraction of sp³-hybridized carbons (Fsp3) is 0.409. The molecule has 1 saturated heterocycles. The second kappa shape index (κ2) is 10.7. The van der Waals surface area contributed by atoms with Gasteiger partial charge in [0.15, 0.2) is 0 Å². The number of likely N-dealkylation sites (tertiary alicyclic amines) is 1. The summed E-state index contributed by atoms with van der Waals surface area (Å²) in [7, 11) is 0. The number of nitrogens with zero attached hydrogens (tertiary/aromatic N) is 2. The van der Waals surface area contributed by atoms with Gasteiger partial charge in [0, 0.05) is 18.0 Å². The highest BCUT2D eigenvalue weighted by molar-refractivity contribution is 6.33. The molecule has 3 rings (SSSR count). The summed E-state index contributed by atoms with van der Waals surface area (Å²) in [6.45, 7) is 0.656. The number of pyridine rings is 1. The van der Waals surface area contributed by atoms with E-state index in [0.29, 0.717) is 19.2 Å². The van der Waals surface area contributed by atoms with Crippen LogP contribution < -0.4 is 10.1 Å². The maximum absolute atomic E-state index is 14.2. The number of aliphatic carboxylic acids is 1. The van der Waals surface area contributed by atoms with Crippen LogP contribution in [-0.4, -0.2) is 58.8 Å². The van der Waals surface area contributed by atoms with Crippen LogP contribution in [0.25, 0.3) is 0 Å². The lowest BCUT2D eigenvalue weighted by molar-refractivity contribution is -0.289. The van der Waals surface area contributed by atoms with Crippen molar-refractivity contribution in [3.63, 3.8) is 0 Å². The summed E-state index contributed by atoms with van der Waals surface area (Å²) in [4.78, 5) is 29.3. The summed E-state index contributed by atoms with van der Waals surface area (Å²) >= 11 is 5.87. The van der Waals surface area contributed by atoms with Crippen LogP contribution in [0, 0.1) is 0 Å². The first kappa shape index (κ1) is 26.6. The lowest BCUT2D eigenvalue weighted by Gasteiger charge is -2.28. The van der Waals surface area contributed by atoms with Crippen LogP contribution in [0.15, 0.2) is 36.5 Å². The zero-order chi connectivity index (χ0) is 25.8. The minimum absolute atomic E-state index is 0.0445. The number of carbonyl (C=O) groups is 2. The first-order valence-electron chi connectivity index (χ1n) is 10.5. The molecule has 1 aliphatic heterocycles. The van der Waals surface area contributed by atoms with Crippen LogP contribution in [-0.2, 0) is 10.7 Å². The van der Waals surface area contributed by atoms with Crippen LogP contribution in [0.3, 0.4) is 0 Å². The Hall–Kier alpha value is -2.99. The molecule has 0 bridgehead atoms. The van der Waals surface area contributed by atoms with Crippen molar-refractivity contribution in [3.8, 4) is 5.75 Å². The van der Waals surface area contributed by atoms with E-state index in [9.17, 15) is 36.6 Å². The van der Waals surface area contributed by atoms with Crippen molar-refractivity contribution in [1.82, 2.24) is 9.88 Å². The SMILES string of the molecule is O=C(O)C[C@H](COc1cc(NC(=O)c2cccnc2Cl)ccc1C(F)(F)C(F)(F)F)N1CCCC1. The van der Waals surface area contributed by atoms with Gasteiger partial charge in [-0.3, -0.25) is 14.5 Å². The van der Waals surface area contributed by atoms with E-state index < -0.39 is 47.9 Å². The van der Waals surface area contributed by atoms with Gasteiger partial charge in [0.25, 0.3) is 5.91 Å². The van der Waals surface area contributed by atoms with Gasteiger partial charge in [-0.05, 0) is 50.2 Å². The predicted molar refractivity (Wildman–Crippen MR) is 116 cm³/mol. The third-order valence-corrected chi connectivity index (χ3v) is 5.74. The molecule has 190 valence electrons. The summed E-state index contributed by atoms with van der Waals surface area (Å²) in [5.74, 6) is -8.03. The Labute approximate surface area is 201 Å². The fourth-order valence-corrected chi connectivity index (χ4v) is 3.88. The van der Waals surface area contributed by atoms with Gasteiger partial charge >= 0.3 is 18.1 Å². The maximum Gasteiger partial charge on any atom is 0.458 e. The van der Waals surface area contributed by atoms with Crippen molar-refractivity contribution in [2.24, 2.45) is 0 Å². The quantitative estimate of drug-likeness (QED) is 0.358. The van der Waals surface area contributed by atoms with Gasteiger partial charge in [-0.1, -0.05) is 11.6 Å². The van der Waals surface area contributed by atoms with Crippen molar-refractivity contribution in [2.75, 3.05) is 25.0 Å². The molecule has 0 spiro atoms. The molecule has 0 saturated carbocycles. The highest BCUT2D eigenvalue weighted by Gasteiger charge is 2.60. The molecule has 2 aromatic rings. The number of benzene rings is 1. The van der Waals surface area contributed by atoms with E-state index in [1.807, 2.05) is 0 Å². The second-order valence-corrected chi connectivity index (χ2v) is 8.24. The van der Waals surface area contributed by atoms with Crippen LogP contribution >= 0.6 is 11.6 Å². The van der Waals surface area contributed by atoms with E-state index in [-0.39, 0.29) is 22.8 Å². The molecule has 1 fully saturated rings. The first-order valence-corrected chi connectivity index (χ1v) is 10.9. The Morgan fingerprint density at radius 2 is 1.86 bits per heavy atom. The lowest BCUT2D eigenvalue weighted by Crippen LogP contribution is -2.39. The molecule has 1 amide bonds. The number of amides is 1. The Morgan fingerprint density at radius 1 is 1.17 bits per heavy atom. The molecule has 0 aliphatic carbocycles. The van der Waals surface area contributed by atoms with Crippen molar-refractivity contribution < 1.29 is 41.4 Å². The standard InChI is InChI=1S/C22H21ClF5N3O4/c23-19-15(4-3-7-29-19)20(34)30-13-5-6-16(21(24,25)22(26,27)28)17(10-13)35-12-14(11-18(32)33)31-8-1-2-9-31/h3-7,10,14H,1-2,8-9,11-12H2,(H,30,34)(H,32,33)/t14-/m1/s1. The number of carboxylic acid groups (broad SMARTS) is 1. The summed E-state index contributed by atoms with van der Waals surface area (Å²) in [6, 6.07) is 4.25. The number of ether oxygens (including phenoxy) is 1. The van der Waals surface area contributed by atoms with E-state index in [1.54, 1.807) is 4.90 Å². The second-order valence-electron chi connectivity index (χ2n) is 7.88. The molecule has 7 nitrogen and oxygen atoms in total. The van der Waals surface area contributed by atoms with E-state index in [2.05, 4.69) is 10.3 Å². The molecule has 1 aromatic carbocycles. The number of hydrogen-bond donors (Lipinski definition) is 2. The minimum Gasteiger partial charge on any atom is -0.491 e. The smallest absolute Gasteiger partial charge is 0.458 e. The fourth-order valence-electron chi connectivity index (χ4n) is 3.67. The van der Waals surface area contributed by atoms with Crippen LogP contribution in [0.5, 0.6) is 5.75 Å². The third kappa shape index (κ3) is 6.37. The van der Waals surface area contributed by atoms with Crippen molar-refractivity contribution >= 4 is 29.2 Å². The number of nitrogens with one attached hydrogen (secondary N) is 1.